The van der Waals surface area contributed by atoms with Crippen LogP contribution in [0.15, 0.2) is 78.9 Å². The van der Waals surface area contributed by atoms with Crippen molar-refractivity contribution in [2.45, 2.75) is 12.6 Å². The standard InChI is InChI=1S/C24H20N2O2/c1-28-23-14-8-5-11-19(23)15-16-22-24(27)25-20-12-6-7-13-21(20)26(22)17-18-9-3-2-4-10-18/h2-14,22H,17H2,1H3,(H,25,27)/t22-/m1/s1. The van der Waals surface area contributed by atoms with Crippen LogP contribution in [0, 0.1) is 11.8 Å². The van der Waals surface area contributed by atoms with Gasteiger partial charge in [0.05, 0.1) is 24.0 Å². The van der Waals surface area contributed by atoms with Gasteiger partial charge in [0.1, 0.15) is 5.75 Å². The smallest absolute Gasteiger partial charge is 0.259 e. The van der Waals surface area contributed by atoms with E-state index in [0.29, 0.717) is 12.3 Å². The van der Waals surface area contributed by atoms with Gasteiger partial charge in [-0.1, -0.05) is 66.4 Å². The molecule has 0 bridgehead atoms. The molecule has 0 fully saturated rings. The van der Waals surface area contributed by atoms with Crippen LogP contribution in [0.1, 0.15) is 11.1 Å². The van der Waals surface area contributed by atoms with Crippen LogP contribution in [-0.2, 0) is 11.3 Å². The summed E-state index contributed by atoms with van der Waals surface area (Å²) in [6, 6.07) is 24.9. The summed E-state index contributed by atoms with van der Waals surface area (Å²) in [4.78, 5) is 14.9. The van der Waals surface area contributed by atoms with Gasteiger partial charge < -0.3 is 15.0 Å². The maximum absolute atomic E-state index is 12.8. The number of carbonyl (C=O) groups is 1. The molecule has 0 saturated carbocycles. The minimum absolute atomic E-state index is 0.128. The maximum Gasteiger partial charge on any atom is 0.259 e. The first-order valence-corrected chi connectivity index (χ1v) is 9.11. The van der Waals surface area contributed by atoms with E-state index in [1.165, 1.54) is 0 Å². The predicted molar refractivity (Wildman–Crippen MR) is 111 cm³/mol. The van der Waals surface area contributed by atoms with E-state index in [4.69, 9.17) is 4.74 Å². The van der Waals surface area contributed by atoms with Crippen molar-refractivity contribution < 1.29 is 9.53 Å². The van der Waals surface area contributed by atoms with Crippen molar-refractivity contribution in [2.75, 3.05) is 17.3 Å². The molecule has 1 N–H and O–H groups in total. The number of nitrogens with one attached hydrogen (secondary N) is 1. The highest BCUT2D eigenvalue weighted by molar-refractivity contribution is 6.05. The number of amides is 1. The van der Waals surface area contributed by atoms with Gasteiger partial charge in [0.15, 0.2) is 6.04 Å². The summed E-state index contributed by atoms with van der Waals surface area (Å²) in [5, 5.41) is 2.98. The molecule has 4 nitrogen and oxygen atoms in total. The van der Waals surface area contributed by atoms with Crippen LogP contribution in [0.3, 0.4) is 0 Å². The van der Waals surface area contributed by atoms with Gasteiger partial charge in [-0.15, -0.1) is 0 Å². The Morgan fingerprint density at radius 1 is 0.964 bits per heavy atom. The average molecular weight is 368 g/mol. The molecule has 0 unspecified atom stereocenters. The fourth-order valence-corrected chi connectivity index (χ4v) is 3.31. The Morgan fingerprint density at radius 2 is 1.68 bits per heavy atom. The van der Waals surface area contributed by atoms with E-state index in [2.05, 4.69) is 29.3 Å². The second-order valence-electron chi connectivity index (χ2n) is 6.49. The van der Waals surface area contributed by atoms with Gasteiger partial charge in [0.25, 0.3) is 5.91 Å². The quantitative estimate of drug-likeness (QED) is 0.709. The molecule has 4 rings (SSSR count). The van der Waals surface area contributed by atoms with E-state index in [9.17, 15) is 4.79 Å². The van der Waals surface area contributed by atoms with Gasteiger partial charge >= 0.3 is 0 Å². The summed E-state index contributed by atoms with van der Waals surface area (Å²) in [6.07, 6.45) is 0. The molecule has 3 aromatic carbocycles. The Morgan fingerprint density at radius 3 is 2.50 bits per heavy atom. The second-order valence-corrected chi connectivity index (χ2v) is 6.49. The van der Waals surface area contributed by atoms with Crippen molar-refractivity contribution >= 4 is 17.3 Å². The number of ether oxygens (including phenoxy) is 1. The lowest BCUT2D eigenvalue weighted by atomic mass is 10.1. The van der Waals surface area contributed by atoms with Crippen LogP contribution in [0.4, 0.5) is 11.4 Å². The minimum atomic E-state index is -0.597. The van der Waals surface area contributed by atoms with Crippen LogP contribution < -0.4 is 15.0 Å². The summed E-state index contributed by atoms with van der Waals surface area (Å²) >= 11 is 0. The Labute approximate surface area is 164 Å². The molecule has 4 heteroatoms. The molecule has 0 saturated heterocycles. The summed E-state index contributed by atoms with van der Waals surface area (Å²) < 4.78 is 5.37. The lowest BCUT2D eigenvalue weighted by molar-refractivity contribution is -0.116. The highest BCUT2D eigenvalue weighted by Gasteiger charge is 2.31. The lowest BCUT2D eigenvalue weighted by Crippen LogP contribution is -2.46. The van der Waals surface area contributed by atoms with Crippen molar-refractivity contribution in [3.63, 3.8) is 0 Å². The molecule has 0 radical (unpaired) electrons. The Kier molecular flexibility index (Phi) is 4.99. The van der Waals surface area contributed by atoms with Crippen molar-refractivity contribution in [3.05, 3.63) is 90.0 Å². The first-order valence-electron chi connectivity index (χ1n) is 9.11. The van der Waals surface area contributed by atoms with E-state index in [-0.39, 0.29) is 5.91 Å². The SMILES string of the molecule is COc1ccccc1C#C[C@@H]1C(=O)Nc2ccccc2N1Cc1ccccc1. The molecule has 1 atom stereocenters. The van der Waals surface area contributed by atoms with Crippen LogP contribution in [-0.4, -0.2) is 19.1 Å². The number of carbonyl (C=O) groups excluding carboxylic acids is 1. The van der Waals surface area contributed by atoms with Gasteiger partial charge in [-0.05, 0) is 29.8 Å². The zero-order valence-electron chi connectivity index (χ0n) is 15.6. The number of rotatable bonds is 3. The van der Waals surface area contributed by atoms with Gasteiger partial charge in [-0.2, -0.15) is 0 Å². The first kappa shape index (κ1) is 17.7. The predicted octanol–water partition coefficient (Wildman–Crippen LogP) is 4.07. The highest BCUT2D eigenvalue weighted by atomic mass is 16.5. The molecule has 138 valence electrons. The second kappa shape index (κ2) is 7.89. The summed E-state index contributed by atoms with van der Waals surface area (Å²) in [6.45, 7) is 0.594. The summed E-state index contributed by atoms with van der Waals surface area (Å²) in [5.74, 6) is 6.86. The van der Waals surface area contributed by atoms with Crippen LogP contribution in [0.5, 0.6) is 5.75 Å². The average Bonchev–Trinajstić information content (AvgIpc) is 2.74. The number of fused-ring (bicyclic) bond motifs is 1. The third-order valence-electron chi connectivity index (χ3n) is 4.68. The van der Waals surface area contributed by atoms with Gasteiger partial charge in [-0.3, -0.25) is 4.79 Å². The molecule has 0 aromatic heterocycles. The highest BCUT2D eigenvalue weighted by Crippen LogP contribution is 2.33. The van der Waals surface area contributed by atoms with Gasteiger partial charge in [0.2, 0.25) is 0 Å². The monoisotopic (exact) mass is 368 g/mol. The van der Waals surface area contributed by atoms with E-state index in [1.54, 1.807) is 7.11 Å². The molecule has 1 amide bonds. The van der Waals surface area contributed by atoms with Crippen molar-refractivity contribution in [3.8, 4) is 17.6 Å². The zero-order valence-corrected chi connectivity index (χ0v) is 15.6. The Bertz CT molecular complexity index is 1050. The summed E-state index contributed by atoms with van der Waals surface area (Å²) in [5.41, 5.74) is 3.65. The molecule has 1 aliphatic rings. The topological polar surface area (TPSA) is 41.6 Å². The molecule has 1 heterocycles. The molecule has 28 heavy (non-hydrogen) atoms. The molecular formula is C24H20N2O2. The number of benzene rings is 3. The van der Waals surface area contributed by atoms with E-state index >= 15 is 0 Å². The van der Waals surface area contributed by atoms with Crippen LogP contribution in [0.25, 0.3) is 0 Å². The molecule has 1 aliphatic heterocycles. The van der Waals surface area contributed by atoms with E-state index < -0.39 is 6.04 Å². The van der Waals surface area contributed by atoms with E-state index in [1.807, 2.05) is 71.6 Å². The zero-order chi connectivity index (χ0) is 19.3. The summed E-state index contributed by atoms with van der Waals surface area (Å²) in [7, 11) is 1.62. The van der Waals surface area contributed by atoms with Gasteiger partial charge in [0, 0.05) is 6.54 Å². The van der Waals surface area contributed by atoms with Crippen molar-refractivity contribution in [1.29, 1.82) is 0 Å². The van der Waals surface area contributed by atoms with Crippen molar-refractivity contribution in [2.24, 2.45) is 0 Å². The normalized spacial score (nSPS) is 15.1. The Balaban J connectivity index is 1.74. The van der Waals surface area contributed by atoms with Crippen LogP contribution >= 0.6 is 0 Å². The number of hydrogen-bond donors (Lipinski definition) is 1. The van der Waals surface area contributed by atoms with Crippen LogP contribution in [0.2, 0.25) is 0 Å². The number of hydrogen-bond acceptors (Lipinski definition) is 3. The molecule has 3 aromatic rings. The lowest BCUT2D eigenvalue weighted by Gasteiger charge is -2.35. The number of nitrogens with zero attached hydrogens (tertiary/aromatic N) is 1. The maximum atomic E-state index is 12.8. The fraction of sp³-hybridized carbons (Fsp3) is 0.125. The Hall–Kier alpha value is -3.71. The number of para-hydroxylation sites is 3. The number of anilines is 2. The fourth-order valence-electron chi connectivity index (χ4n) is 3.31. The number of methoxy groups -OCH3 is 1. The third kappa shape index (κ3) is 3.56. The largest absolute Gasteiger partial charge is 0.495 e. The molecular weight excluding hydrogens is 348 g/mol. The van der Waals surface area contributed by atoms with E-state index in [0.717, 1.165) is 22.5 Å². The first-order chi connectivity index (χ1) is 13.8. The molecule has 0 spiro atoms. The third-order valence-corrected chi connectivity index (χ3v) is 4.68. The molecule has 0 aliphatic carbocycles. The minimum Gasteiger partial charge on any atom is -0.495 e. The van der Waals surface area contributed by atoms with Crippen molar-refractivity contribution in [1.82, 2.24) is 0 Å². The van der Waals surface area contributed by atoms with Gasteiger partial charge in [-0.25, -0.2) is 0 Å².